The summed E-state index contributed by atoms with van der Waals surface area (Å²) in [6, 6.07) is 0. The van der Waals surface area contributed by atoms with E-state index in [0.717, 1.165) is 0 Å². The molecule has 0 aromatic carbocycles. The summed E-state index contributed by atoms with van der Waals surface area (Å²) in [5.74, 6) is 0. The third kappa shape index (κ3) is 25.0. The Morgan fingerprint density at radius 1 is 1.00 bits per heavy atom. The minimum absolute atomic E-state index is 0. The Morgan fingerprint density at radius 3 is 1.00 bits per heavy atom. The van der Waals surface area contributed by atoms with E-state index in [2.05, 4.69) is 0 Å². The van der Waals surface area contributed by atoms with Crippen LogP contribution in [0.25, 0.3) is 0 Å². The van der Waals surface area contributed by atoms with Crippen LogP contribution in [0.1, 0.15) is 0 Å². The van der Waals surface area contributed by atoms with Crippen LogP contribution < -0.4 is 0 Å². The van der Waals surface area contributed by atoms with Gasteiger partial charge in [0.05, 0.1) is 0 Å². The van der Waals surface area contributed by atoms with Crippen molar-refractivity contribution in [2.75, 3.05) is 0 Å². The van der Waals surface area contributed by atoms with E-state index in [-0.39, 0.29) is 121 Å². The van der Waals surface area contributed by atoms with E-state index in [0.29, 0.717) is 0 Å². The van der Waals surface area contributed by atoms with Crippen molar-refractivity contribution in [2.45, 2.75) is 0 Å². The topological polar surface area (TPSA) is 0 Å². The third-order valence-corrected chi connectivity index (χ3v) is 0. The summed E-state index contributed by atoms with van der Waals surface area (Å²) in [6.45, 7) is 0. The first kappa shape index (κ1) is 52.5. The van der Waals surface area contributed by atoms with Crippen molar-refractivity contribution in [1.29, 1.82) is 0 Å². The summed E-state index contributed by atoms with van der Waals surface area (Å²) in [7, 11) is 0. The molecule has 0 aliphatic rings. The Morgan fingerprint density at radius 2 is 1.00 bits per heavy atom. The number of hydrogen-bond donors (Lipinski definition) is 0. The maximum atomic E-state index is 0. The fourth-order valence-electron chi connectivity index (χ4n) is 0. The molecule has 0 aromatic rings. The molecule has 0 bridgehead atoms. The average Bonchev–Trinajstić information content (AvgIpc) is 0. The monoisotopic (exact) mass is 394 g/mol. The van der Waals surface area contributed by atoms with Crippen LogP contribution in [0.2, 0.25) is 0 Å². The van der Waals surface area contributed by atoms with Crippen molar-refractivity contribution in [3.05, 3.63) is 0 Å². The average molecular weight is 394 g/mol. The van der Waals surface area contributed by atoms with Crippen molar-refractivity contribution in [3.63, 3.8) is 0 Å². The molecule has 0 spiro atoms. The van der Waals surface area contributed by atoms with Gasteiger partial charge in [-0.2, -0.15) is 0 Å². The fourth-order valence-corrected chi connectivity index (χ4v) is 0. The van der Waals surface area contributed by atoms with Gasteiger partial charge < -0.3 is 0 Å². The minimum atomic E-state index is 0. The molecular weight excluding hydrogens is 378 g/mol. The maximum absolute atomic E-state index is 0. The number of hydrogen-bond acceptors (Lipinski definition) is 0. The SMILES string of the molecule is [AlH3].[InH3].[MgH2].[SiH4].[SnH4].[Zn]. The Labute approximate surface area is 118 Å². The van der Waals surface area contributed by atoms with Crippen LogP contribution >= 0.6 is 0 Å². The number of rotatable bonds is 0. The summed E-state index contributed by atoms with van der Waals surface area (Å²) in [6.07, 6.45) is 0. The van der Waals surface area contributed by atoms with Crippen LogP contribution in [0.4, 0.5) is 0 Å². The first-order chi connectivity index (χ1) is 0. The van der Waals surface area contributed by atoms with Crippen molar-refractivity contribution < 1.29 is 19.5 Å². The molecule has 0 fully saturated rings. The first-order valence-electron chi connectivity index (χ1n) is 0. The molecule has 0 amide bonds. The standard InChI is InChI=1S/Al.In.Mg.H4Si.Sn.Zn.12H/h;;;1H4;;;;;;;;;;;;;;. The van der Waals surface area contributed by atoms with Crippen molar-refractivity contribution in [2.24, 2.45) is 0 Å². The van der Waals surface area contributed by atoms with E-state index in [4.69, 9.17) is 0 Å². The summed E-state index contributed by atoms with van der Waals surface area (Å²) in [5.41, 5.74) is 0. The molecule has 0 N–H and O–H groups in total. The zero-order valence-corrected chi connectivity index (χ0v) is 3.67. The van der Waals surface area contributed by atoms with Gasteiger partial charge in [-0.15, -0.1) is 0 Å². The summed E-state index contributed by atoms with van der Waals surface area (Å²) in [5, 5.41) is 0. The van der Waals surface area contributed by atoms with Crippen LogP contribution in [-0.2, 0) is 19.5 Å². The van der Waals surface area contributed by atoms with Crippen molar-refractivity contribution in [3.8, 4) is 0 Å². The summed E-state index contributed by atoms with van der Waals surface area (Å²) < 4.78 is 0. The minimum Gasteiger partial charge on any atom is 0 e. The van der Waals surface area contributed by atoms with E-state index in [9.17, 15) is 0 Å². The summed E-state index contributed by atoms with van der Waals surface area (Å²) in [4.78, 5) is 0. The molecule has 0 aliphatic carbocycles. The van der Waals surface area contributed by atoms with E-state index < -0.39 is 0 Å². The van der Waals surface area contributed by atoms with Gasteiger partial charge in [-0.25, -0.2) is 0 Å². The molecule has 0 heterocycles. The molecule has 0 aliphatic heterocycles. The Kier molecular flexibility index (Phi) is 324. The normalized spacial score (nSPS) is 0. The van der Waals surface area contributed by atoms with Gasteiger partial charge >= 0.3 is 72.8 Å². The molecule has 0 unspecified atom stereocenters. The maximum Gasteiger partial charge on any atom is 0 e. The predicted molar refractivity (Wildman–Crippen MR) is 51.1 cm³/mol. The summed E-state index contributed by atoms with van der Waals surface area (Å²) >= 11 is 0. The van der Waals surface area contributed by atoms with Crippen LogP contribution in [-0.4, -0.2) is 101 Å². The van der Waals surface area contributed by atoms with Crippen molar-refractivity contribution in [1.82, 2.24) is 0 Å². The molecule has 6 heavy (non-hydrogen) atoms. The molecule has 0 nitrogen and oxygen atoms in total. The molecule has 6 heteroatoms. The van der Waals surface area contributed by atoms with E-state index in [1.165, 1.54) is 0 Å². The quantitative estimate of drug-likeness (QED) is 0.359. The van der Waals surface area contributed by atoms with Crippen LogP contribution in [0.5, 0.6) is 0 Å². The van der Waals surface area contributed by atoms with Gasteiger partial charge in [0.2, 0.25) is 0 Å². The smallest absolute Gasteiger partial charge is 0 e. The third-order valence-electron chi connectivity index (χ3n) is 0. The zero-order chi connectivity index (χ0) is 0. The van der Waals surface area contributed by atoms with Gasteiger partial charge in [-0.05, 0) is 11.0 Å². The fraction of sp³-hybridized carbons (Fsp3) is 0. The molecule has 34 valence electrons. The molecule has 0 saturated carbocycles. The predicted octanol–water partition coefficient (Wildman–Crippen LogP) is -6.19. The second kappa shape index (κ2) is 37.0. The van der Waals surface area contributed by atoms with Gasteiger partial charge in [0.25, 0.3) is 0 Å². The second-order valence-electron chi connectivity index (χ2n) is 0. The van der Waals surface area contributed by atoms with Gasteiger partial charge in [0.15, 0.2) is 17.4 Å². The molecule has 0 rings (SSSR count). The van der Waals surface area contributed by atoms with E-state index >= 15 is 0 Å². The Balaban J connectivity index is 0. The Hall–Kier alpha value is 3.81. The Bertz CT molecular complexity index is 15.5. The molecule has 0 saturated heterocycles. The van der Waals surface area contributed by atoms with Crippen LogP contribution in [0, 0.1) is 0 Å². The van der Waals surface area contributed by atoms with E-state index in [1.54, 1.807) is 0 Å². The van der Waals surface area contributed by atoms with E-state index in [1.807, 2.05) is 0 Å². The molecule has 0 radical (unpaired) electrons. The van der Waals surface area contributed by atoms with Gasteiger partial charge in [-0.3, -0.25) is 0 Å². The van der Waals surface area contributed by atoms with Gasteiger partial charge in [0, 0.05) is 19.5 Å². The van der Waals surface area contributed by atoms with Gasteiger partial charge in [-0.1, -0.05) is 0 Å². The second-order valence-corrected chi connectivity index (χ2v) is 0. The molecule has 0 atom stereocenters. The molecular formula is H16AlInMgSiSnZn. The zero-order valence-electron chi connectivity index (χ0n) is 0.707. The largest absolute Gasteiger partial charge is 0 e. The van der Waals surface area contributed by atoms with Crippen LogP contribution in [0.3, 0.4) is 0 Å². The van der Waals surface area contributed by atoms with Crippen LogP contribution in [0.15, 0.2) is 0 Å². The first-order valence-corrected chi connectivity index (χ1v) is 0. The van der Waals surface area contributed by atoms with Crippen molar-refractivity contribution >= 4 is 101 Å². The molecule has 0 aromatic heterocycles. The van der Waals surface area contributed by atoms with Gasteiger partial charge in [0.1, 0.15) is 0 Å².